The van der Waals surface area contributed by atoms with Crippen molar-refractivity contribution >= 4 is 28.6 Å². The number of imidazole rings is 1. The lowest BCUT2D eigenvalue weighted by Crippen LogP contribution is -2.42. The minimum absolute atomic E-state index is 0.0910. The highest BCUT2D eigenvalue weighted by atomic mass is 35.5. The number of hydrogen-bond donors (Lipinski definition) is 2. The third kappa shape index (κ3) is 1.91. The molecule has 1 saturated carbocycles. The molecule has 0 unspecified atom stereocenters. The summed E-state index contributed by atoms with van der Waals surface area (Å²) < 4.78 is 0. The lowest BCUT2D eigenvalue weighted by atomic mass is 9.91. The van der Waals surface area contributed by atoms with E-state index in [1.54, 1.807) is 6.33 Å². The van der Waals surface area contributed by atoms with Crippen LogP contribution in [0.15, 0.2) is 6.33 Å². The monoisotopic (exact) mass is 267 g/mol. The summed E-state index contributed by atoms with van der Waals surface area (Å²) in [6, 6.07) is 0.426. The summed E-state index contributed by atoms with van der Waals surface area (Å²) in [6.07, 6.45) is 5.04. The zero-order chi connectivity index (χ0) is 12.5. The molecule has 6 nitrogen and oxygen atoms in total. The van der Waals surface area contributed by atoms with Crippen LogP contribution in [0.25, 0.3) is 11.2 Å². The first-order valence-corrected chi connectivity index (χ1v) is 6.41. The Balaban J connectivity index is 2.06. The highest BCUT2D eigenvalue weighted by Gasteiger charge is 2.27. The molecule has 2 heterocycles. The van der Waals surface area contributed by atoms with Crippen molar-refractivity contribution in [2.75, 3.05) is 18.1 Å². The number of fused-ring (bicyclic) bond motifs is 1. The summed E-state index contributed by atoms with van der Waals surface area (Å²) in [5, 5.41) is 9.40. The zero-order valence-corrected chi connectivity index (χ0v) is 10.6. The lowest BCUT2D eigenvalue weighted by Gasteiger charge is -2.38. The first-order chi connectivity index (χ1) is 8.79. The van der Waals surface area contributed by atoms with Gasteiger partial charge in [0.25, 0.3) is 0 Å². The number of nitrogens with one attached hydrogen (secondary N) is 1. The van der Waals surface area contributed by atoms with Gasteiger partial charge in [-0.15, -0.1) is 0 Å². The van der Waals surface area contributed by atoms with Gasteiger partial charge >= 0.3 is 0 Å². The van der Waals surface area contributed by atoms with Crippen molar-refractivity contribution in [2.24, 2.45) is 0 Å². The normalized spacial score (nSPS) is 15.9. The summed E-state index contributed by atoms with van der Waals surface area (Å²) in [7, 11) is 0. The van der Waals surface area contributed by atoms with Crippen LogP contribution in [0.4, 0.5) is 5.82 Å². The van der Waals surface area contributed by atoms with Crippen molar-refractivity contribution in [1.82, 2.24) is 19.9 Å². The summed E-state index contributed by atoms with van der Waals surface area (Å²) in [5.41, 5.74) is 1.34. The van der Waals surface area contributed by atoms with Gasteiger partial charge in [0.05, 0.1) is 12.9 Å². The molecule has 0 atom stereocenters. The molecule has 7 heteroatoms. The molecular weight excluding hydrogens is 254 g/mol. The summed E-state index contributed by atoms with van der Waals surface area (Å²) >= 11 is 5.93. The summed E-state index contributed by atoms with van der Waals surface area (Å²) in [4.78, 5) is 17.6. The van der Waals surface area contributed by atoms with Gasteiger partial charge < -0.3 is 15.0 Å². The predicted octanol–water partition coefficient (Wildman–Crippen LogP) is 1.36. The Kier molecular flexibility index (Phi) is 3.05. The molecule has 0 aliphatic heterocycles. The summed E-state index contributed by atoms with van der Waals surface area (Å²) in [5.74, 6) is 0.737. The van der Waals surface area contributed by atoms with Gasteiger partial charge in [0.2, 0.25) is 5.28 Å². The third-order valence-electron chi connectivity index (χ3n) is 3.37. The Morgan fingerprint density at radius 2 is 2.28 bits per heavy atom. The standard InChI is InChI=1S/C11H14ClN5O/c12-11-15-9-8(13-6-14-9)10(16-11)17(4-5-18)7-2-1-3-7/h6-7,18H,1-5H2,(H,13,14,15,16). The maximum Gasteiger partial charge on any atom is 0.226 e. The number of rotatable bonds is 4. The molecule has 96 valence electrons. The maximum absolute atomic E-state index is 9.21. The van der Waals surface area contributed by atoms with E-state index in [0.29, 0.717) is 18.2 Å². The van der Waals surface area contributed by atoms with Crippen molar-refractivity contribution in [3.8, 4) is 0 Å². The average molecular weight is 268 g/mol. The van der Waals surface area contributed by atoms with Gasteiger partial charge in [-0.05, 0) is 30.9 Å². The first-order valence-electron chi connectivity index (χ1n) is 6.03. The van der Waals surface area contributed by atoms with Gasteiger partial charge in [0, 0.05) is 12.6 Å². The van der Waals surface area contributed by atoms with Crippen LogP contribution in [-0.2, 0) is 0 Å². The van der Waals surface area contributed by atoms with Gasteiger partial charge in [-0.1, -0.05) is 0 Å². The molecule has 0 amide bonds. The Morgan fingerprint density at radius 1 is 1.44 bits per heavy atom. The Hall–Kier alpha value is -1.40. The number of H-pyrrole nitrogens is 1. The number of hydrogen-bond acceptors (Lipinski definition) is 5. The van der Waals surface area contributed by atoms with Gasteiger partial charge in [-0.2, -0.15) is 9.97 Å². The predicted molar refractivity (Wildman–Crippen MR) is 68.8 cm³/mol. The minimum Gasteiger partial charge on any atom is -0.395 e. The molecule has 0 saturated heterocycles. The number of aromatic nitrogens is 4. The van der Waals surface area contributed by atoms with Gasteiger partial charge in [0.1, 0.15) is 5.52 Å². The van der Waals surface area contributed by atoms with Crippen molar-refractivity contribution < 1.29 is 5.11 Å². The molecule has 1 aliphatic carbocycles. The van der Waals surface area contributed by atoms with Crippen LogP contribution in [0.5, 0.6) is 0 Å². The molecule has 2 N–H and O–H groups in total. The van der Waals surface area contributed by atoms with Gasteiger partial charge in [-0.3, -0.25) is 0 Å². The highest BCUT2D eigenvalue weighted by molar-refractivity contribution is 6.28. The molecule has 1 fully saturated rings. The first kappa shape index (κ1) is 11.7. The van der Waals surface area contributed by atoms with E-state index < -0.39 is 0 Å². The van der Waals surface area contributed by atoms with Crippen LogP contribution in [0.2, 0.25) is 5.28 Å². The van der Waals surface area contributed by atoms with Crippen LogP contribution < -0.4 is 4.90 Å². The number of aromatic amines is 1. The number of nitrogens with zero attached hydrogens (tertiary/aromatic N) is 4. The fourth-order valence-corrected chi connectivity index (χ4v) is 2.43. The molecule has 2 aromatic heterocycles. The second-order valence-corrected chi connectivity index (χ2v) is 4.76. The van der Waals surface area contributed by atoms with E-state index in [2.05, 4.69) is 24.8 Å². The Bertz CT molecular complexity index is 553. The SMILES string of the molecule is OCCN(c1nc(Cl)nc2nc[nH]c12)C1CCC1. The number of aliphatic hydroxyl groups is 1. The second-order valence-electron chi connectivity index (χ2n) is 4.42. The van der Waals surface area contributed by atoms with Crippen molar-refractivity contribution in [3.63, 3.8) is 0 Å². The van der Waals surface area contributed by atoms with E-state index >= 15 is 0 Å². The van der Waals surface area contributed by atoms with Crippen molar-refractivity contribution in [1.29, 1.82) is 0 Å². The van der Waals surface area contributed by atoms with E-state index in [9.17, 15) is 5.11 Å². The van der Waals surface area contributed by atoms with Gasteiger partial charge in [0.15, 0.2) is 11.5 Å². The van der Waals surface area contributed by atoms with Crippen LogP contribution in [0, 0.1) is 0 Å². The topological polar surface area (TPSA) is 77.9 Å². The van der Waals surface area contributed by atoms with E-state index in [4.69, 9.17) is 11.6 Å². The third-order valence-corrected chi connectivity index (χ3v) is 3.54. The average Bonchev–Trinajstić information content (AvgIpc) is 2.72. The van der Waals surface area contributed by atoms with E-state index in [1.807, 2.05) is 0 Å². The lowest BCUT2D eigenvalue weighted by molar-refractivity contribution is 0.283. The maximum atomic E-state index is 9.21. The number of anilines is 1. The van der Waals surface area contributed by atoms with Crippen LogP contribution in [0.1, 0.15) is 19.3 Å². The van der Waals surface area contributed by atoms with Crippen molar-refractivity contribution in [3.05, 3.63) is 11.6 Å². The molecule has 0 aromatic carbocycles. The minimum atomic E-state index is 0.0910. The van der Waals surface area contributed by atoms with E-state index in [-0.39, 0.29) is 11.9 Å². The molecule has 1 aliphatic rings. The molecule has 0 bridgehead atoms. The molecule has 18 heavy (non-hydrogen) atoms. The molecule has 0 radical (unpaired) electrons. The molecule has 2 aromatic rings. The fraction of sp³-hybridized carbons (Fsp3) is 0.545. The van der Waals surface area contributed by atoms with Crippen LogP contribution in [0.3, 0.4) is 0 Å². The second kappa shape index (κ2) is 4.70. The quantitative estimate of drug-likeness (QED) is 0.818. The summed E-state index contributed by atoms with van der Waals surface area (Å²) in [6.45, 7) is 0.639. The van der Waals surface area contributed by atoms with Crippen LogP contribution in [-0.4, -0.2) is 44.2 Å². The Morgan fingerprint density at radius 3 is 2.94 bits per heavy atom. The highest BCUT2D eigenvalue weighted by Crippen LogP contribution is 2.31. The zero-order valence-electron chi connectivity index (χ0n) is 9.80. The molecular formula is C11H14ClN5O. The van der Waals surface area contributed by atoms with Gasteiger partial charge in [-0.25, -0.2) is 4.98 Å². The van der Waals surface area contributed by atoms with E-state index in [1.165, 1.54) is 6.42 Å². The molecule has 0 spiro atoms. The Labute approximate surface area is 109 Å². The fourth-order valence-electron chi connectivity index (χ4n) is 2.27. The number of aliphatic hydroxyl groups excluding tert-OH is 1. The molecule has 3 rings (SSSR count). The largest absolute Gasteiger partial charge is 0.395 e. The van der Waals surface area contributed by atoms with Crippen LogP contribution >= 0.6 is 11.6 Å². The van der Waals surface area contributed by atoms with Crippen molar-refractivity contribution in [2.45, 2.75) is 25.3 Å². The number of halogens is 1. The smallest absolute Gasteiger partial charge is 0.226 e. The van der Waals surface area contributed by atoms with E-state index in [0.717, 1.165) is 24.2 Å².